The van der Waals surface area contributed by atoms with Gasteiger partial charge in [0.25, 0.3) is 0 Å². The maximum Gasteiger partial charge on any atom is 0.153 e. The van der Waals surface area contributed by atoms with Crippen LogP contribution in [0.4, 0.5) is 0 Å². The zero-order valence-corrected chi connectivity index (χ0v) is 13.2. The summed E-state index contributed by atoms with van der Waals surface area (Å²) in [5, 5.41) is 7.91. The second kappa shape index (κ2) is 5.03. The monoisotopic (exact) mass is 406 g/mol. The normalized spacial score (nSPS) is 12.8. The fourth-order valence-corrected chi connectivity index (χ4v) is 3.00. The molecule has 6 heteroatoms. The van der Waals surface area contributed by atoms with Crippen LogP contribution in [0.2, 0.25) is 0 Å². The summed E-state index contributed by atoms with van der Waals surface area (Å²) in [4.78, 5) is 0. The predicted octanol–water partition coefficient (Wildman–Crippen LogP) is 2.54. The second-order valence-electron chi connectivity index (χ2n) is 3.84. The number of nitrogens with zero attached hydrogens (tertiary/aromatic N) is 3. The fourth-order valence-electron chi connectivity index (χ4n) is 1.73. The van der Waals surface area contributed by atoms with E-state index in [9.17, 15) is 0 Å². The molecule has 0 fully saturated rings. The zero-order valence-electron chi connectivity index (χ0n) is 9.48. The van der Waals surface area contributed by atoms with E-state index in [2.05, 4.69) is 61.8 Å². The average Bonchev–Trinajstić information content (AvgIpc) is 2.62. The lowest BCUT2D eigenvalue weighted by Gasteiger charge is -2.15. The van der Waals surface area contributed by atoms with Crippen LogP contribution in [0.1, 0.15) is 22.9 Å². The van der Waals surface area contributed by atoms with Gasteiger partial charge in [-0.2, -0.15) is 0 Å². The Morgan fingerprint density at radius 1 is 1.47 bits per heavy atom. The number of nitrogens with two attached hydrogens (primary N) is 1. The van der Waals surface area contributed by atoms with Crippen molar-refractivity contribution in [1.82, 2.24) is 15.0 Å². The van der Waals surface area contributed by atoms with Crippen LogP contribution < -0.4 is 5.73 Å². The van der Waals surface area contributed by atoms with E-state index < -0.39 is 0 Å². The molecule has 0 bridgehead atoms. The lowest BCUT2D eigenvalue weighted by molar-refractivity contribution is 0.649. The molecule has 0 spiro atoms. The Bertz CT molecular complexity index is 533. The summed E-state index contributed by atoms with van der Waals surface area (Å²) in [6.45, 7) is 2.08. The van der Waals surface area contributed by atoms with Gasteiger partial charge >= 0.3 is 0 Å². The Kier molecular flexibility index (Phi) is 3.84. The van der Waals surface area contributed by atoms with Crippen molar-refractivity contribution in [2.75, 3.05) is 0 Å². The number of hydrogen-bond acceptors (Lipinski definition) is 3. The molecule has 0 aliphatic carbocycles. The van der Waals surface area contributed by atoms with Crippen LogP contribution in [0.5, 0.6) is 0 Å². The van der Waals surface area contributed by atoms with E-state index in [-0.39, 0.29) is 6.04 Å². The molecule has 0 saturated carbocycles. The summed E-state index contributed by atoms with van der Waals surface area (Å²) in [7, 11) is 1.84. The molecule has 1 aromatic carbocycles. The van der Waals surface area contributed by atoms with Crippen molar-refractivity contribution in [3.63, 3.8) is 0 Å². The predicted molar refractivity (Wildman–Crippen MR) is 78.6 cm³/mol. The Hall–Kier alpha value is -0.470. The van der Waals surface area contributed by atoms with Gasteiger partial charge in [-0.05, 0) is 56.6 Å². The third-order valence-electron chi connectivity index (χ3n) is 2.68. The van der Waals surface area contributed by atoms with Crippen molar-refractivity contribution in [1.29, 1.82) is 0 Å². The van der Waals surface area contributed by atoms with Crippen molar-refractivity contribution in [2.45, 2.75) is 13.0 Å². The van der Waals surface area contributed by atoms with Crippen molar-refractivity contribution in [2.24, 2.45) is 12.8 Å². The average molecular weight is 407 g/mol. The van der Waals surface area contributed by atoms with Gasteiger partial charge in [-0.1, -0.05) is 23.4 Å². The SMILES string of the molecule is Cc1cccc(C(N)c2c(Br)nnn2C)c1I. The number of rotatable bonds is 2. The lowest BCUT2D eigenvalue weighted by Crippen LogP contribution is -2.18. The molecule has 1 atom stereocenters. The molecular weight excluding hydrogens is 395 g/mol. The van der Waals surface area contributed by atoms with E-state index in [0.717, 1.165) is 11.3 Å². The van der Waals surface area contributed by atoms with Crippen LogP contribution >= 0.6 is 38.5 Å². The lowest BCUT2D eigenvalue weighted by atomic mass is 10.0. The minimum atomic E-state index is -0.226. The highest BCUT2D eigenvalue weighted by molar-refractivity contribution is 14.1. The summed E-state index contributed by atoms with van der Waals surface area (Å²) in [5.41, 5.74) is 9.50. The third kappa shape index (κ3) is 2.38. The Morgan fingerprint density at radius 2 is 2.18 bits per heavy atom. The first kappa shape index (κ1) is 13.0. The zero-order chi connectivity index (χ0) is 12.6. The smallest absolute Gasteiger partial charge is 0.153 e. The van der Waals surface area contributed by atoms with Gasteiger partial charge in [-0.25, -0.2) is 4.68 Å². The van der Waals surface area contributed by atoms with Gasteiger partial charge in [0.15, 0.2) is 4.60 Å². The molecule has 17 heavy (non-hydrogen) atoms. The number of benzene rings is 1. The highest BCUT2D eigenvalue weighted by Gasteiger charge is 2.20. The van der Waals surface area contributed by atoms with Crippen LogP contribution in [0.3, 0.4) is 0 Å². The Balaban J connectivity index is 2.51. The van der Waals surface area contributed by atoms with Crippen LogP contribution in [-0.2, 0) is 7.05 Å². The summed E-state index contributed by atoms with van der Waals surface area (Å²) in [6.07, 6.45) is 0. The van der Waals surface area contributed by atoms with Crippen molar-refractivity contribution in [3.8, 4) is 0 Å². The quantitative estimate of drug-likeness (QED) is 0.779. The van der Waals surface area contributed by atoms with Gasteiger partial charge in [0.1, 0.15) is 0 Å². The standard InChI is InChI=1S/C11H12BrIN4/c1-6-4-3-5-7(8(6)13)9(14)10-11(12)15-16-17(10)2/h3-5,9H,14H2,1-2H3. The topological polar surface area (TPSA) is 56.7 Å². The first-order valence-electron chi connectivity index (χ1n) is 5.08. The summed E-state index contributed by atoms with van der Waals surface area (Å²) in [5.74, 6) is 0. The van der Waals surface area contributed by atoms with E-state index in [1.807, 2.05) is 19.2 Å². The molecule has 90 valence electrons. The first-order valence-corrected chi connectivity index (χ1v) is 6.95. The molecule has 2 rings (SSSR count). The fraction of sp³-hybridized carbons (Fsp3) is 0.273. The molecule has 0 amide bonds. The number of aromatic nitrogens is 3. The van der Waals surface area contributed by atoms with E-state index >= 15 is 0 Å². The van der Waals surface area contributed by atoms with Crippen LogP contribution in [0, 0.1) is 10.5 Å². The minimum absolute atomic E-state index is 0.226. The summed E-state index contributed by atoms with van der Waals surface area (Å²) in [6, 6.07) is 5.91. The maximum absolute atomic E-state index is 6.30. The van der Waals surface area contributed by atoms with Crippen molar-refractivity contribution in [3.05, 3.63) is 43.2 Å². The molecule has 1 aromatic heterocycles. The molecule has 0 aliphatic heterocycles. The van der Waals surface area contributed by atoms with Gasteiger partial charge in [0.2, 0.25) is 0 Å². The maximum atomic E-state index is 6.30. The number of aryl methyl sites for hydroxylation is 2. The molecule has 0 saturated heterocycles. The number of halogens is 2. The summed E-state index contributed by atoms with van der Waals surface area (Å²) < 4.78 is 3.59. The van der Waals surface area contributed by atoms with Crippen LogP contribution in [0.25, 0.3) is 0 Å². The summed E-state index contributed by atoms with van der Waals surface area (Å²) >= 11 is 5.70. The molecule has 4 nitrogen and oxygen atoms in total. The van der Waals surface area contributed by atoms with E-state index in [4.69, 9.17) is 5.73 Å². The van der Waals surface area contributed by atoms with E-state index in [1.165, 1.54) is 9.13 Å². The van der Waals surface area contributed by atoms with Crippen molar-refractivity contribution < 1.29 is 0 Å². The van der Waals surface area contributed by atoms with E-state index in [0.29, 0.717) is 4.60 Å². The highest BCUT2D eigenvalue weighted by Crippen LogP contribution is 2.28. The Labute approximate surface area is 122 Å². The van der Waals surface area contributed by atoms with E-state index in [1.54, 1.807) is 4.68 Å². The molecular formula is C11H12BrIN4. The van der Waals surface area contributed by atoms with Gasteiger partial charge < -0.3 is 5.73 Å². The first-order chi connectivity index (χ1) is 8.02. The molecule has 0 aliphatic rings. The second-order valence-corrected chi connectivity index (χ2v) is 5.67. The molecule has 1 heterocycles. The van der Waals surface area contributed by atoms with Crippen LogP contribution in [0.15, 0.2) is 22.8 Å². The van der Waals surface area contributed by atoms with Crippen LogP contribution in [-0.4, -0.2) is 15.0 Å². The molecule has 2 N–H and O–H groups in total. The van der Waals surface area contributed by atoms with Gasteiger partial charge in [-0.3, -0.25) is 0 Å². The van der Waals surface area contributed by atoms with Gasteiger partial charge in [-0.15, -0.1) is 5.10 Å². The Morgan fingerprint density at radius 3 is 2.76 bits per heavy atom. The minimum Gasteiger partial charge on any atom is -0.319 e. The van der Waals surface area contributed by atoms with Gasteiger partial charge in [0.05, 0.1) is 11.7 Å². The molecule has 2 aromatic rings. The highest BCUT2D eigenvalue weighted by atomic mass is 127. The third-order valence-corrected chi connectivity index (χ3v) is 4.72. The molecule has 1 unspecified atom stereocenters. The number of hydrogen-bond donors (Lipinski definition) is 1. The largest absolute Gasteiger partial charge is 0.319 e. The van der Waals surface area contributed by atoms with Crippen molar-refractivity contribution >= 4 is 38.5 Å². The molecule has 0 radical (unpaired) electrons. The van der Waals surface area contributed by atoms with Gasteiger partial charge in [0, 0.05) is 10.6 Å².